The zero-order valence-corrected chi connectivity index (χ0v) is 13.4. The molecule has 0 aliphatic heterocycles. The molecule has 4 nitrogen and oxygen atoms in total. The van der Waals surface area contributed by atoms with Crippen molar-refractivity contribution in [2.75, 3.05) is 6.61 Å². The van der Waals surface area contributed by atoms with Crippen molar-refractivity contribution in [2.45, 2.75) is 6.92 Å². The predicted octanol–water partition coefficient (Wildman–Crippen LogP) is 3.83. The van der Waals surface area contributed by atoms with Crippen LogP contribution in [0.5, 0.6) is 5.75 Å². The van der Waals surface area contributed by atoms with Crippen molar-refractivity contribution in [2.24, 2.45) is 5.10 Å². The quantitative estimate of drug-likeness (QED) is 0.666. The minimum atomic E-state index is -0.379. The van der Waals surface area contributed by atoms with E-state index in [2.05, 4.69) is 10.5 Å². The van der Waals surface area contributed by atoms with Crippen LogP contribution in [0.15, 0.2) is 47.6 Å². The molecule has 0 spiro atoms. The molecule has 0 atom stereocenters. The maximum Gasteiger partial charge on any atom is 0.277 e. The lowest BCUT2D eigenvalue weighted by Gasteiger charge is -2.07. The largest absolute Gasteiger partial charge is 0.482 e. The van der Waals surface area contributed by atoms with Crippen LogP contribution >= 0.6 is 23.2 Å². The first-order valence-corrected chi connectivity index (χ1v) is 7.27. The number of nitrogens with zero attached hydrogens (tertiary/aromatic N) is 1. The van der Waals surface area contributed by atoms with Gasteiger partial charge < -0.3 is 4.74 Å². The number of ether oxygens (including phenoxy) is 1. The number of nitrogens with one attached hydrogen (secondary N) is 1. The highest BCUT2D eigenvalue weighted by Crippen LogP contribution is 2.27. The molecular weight excluding hydrogens is 323 g/mol. The molecule has 0 bridgehead atoms. The van der Waals surface area contributed by atoms with Gasteiger partial charge in [0.2, 0.25) is 0 Å². The van der Waals surface area contributed by atoms with Crippen LogP contribution in [0.2, 0.25) is 10.0 Å². The fraction of sp³-hybridized carbons (Fsp3) is 0.125. The van der Waals surface area contributed by atoms with Crippen molar-refractivity contribution in [3.63, 3.8) is 0 Å². The van der Waals surface area contributed by atoms with Gasteiger partial charge in [-0.25, -0.2) is 5.43 Å². The third kappa shape index (κ3) is 4.76. The van der Waals surface area contributed by atoms with E-state index in [9.17, 15) is 4.79 Å². The van der Waals surface area contributed by atoms with Crippen LogP contribution in [0.3, 0.4) is 0 Å². The van der Waals surface area contributed by atoms with E-state index < -0.39 is 0 Å². The standard InChI is InChI=1S/C16H14Cl2N2O2/c1-11-4-2-3-5-12(11)9-19-20-16(21)10-22-15-7-6-13(17)8-14(15)18/h2-9H,10H2,1H3,(H,20,21)/b19-9+. The topological polar surface area (TPSA) is 50.7 Å². The molecule has 0 aliphatic carbocycles. The van der Waals surface area contributed by atoms with E-state index in [4.69, 9.17) is 27.9 Å². The summed E-state index contributed by atoms with van der Waals surface area (Å²) in [5, 5.41) is 4.75. The summed E-state index contributed by atoms with van der Waals surface area (Å²) in [6.07, 6.45) is 1.59. The zero-order chi connectivity index (χ0) is 15.9. The highest BCUT2D eigenvalue weighted by Gasteiger charge is 2.05. The van der Waals surface area contributed by atoms with E-state index in [-0.39, 0.29) is 12.5 Å². The van der Waals surface area contributed by atoms with Crippen molar-refractivity contribution < 1.29 is 9.53 Å². The number of hydrazone groups is 1. The maximum atomic E-state index is 11.7. The summed E-state index contributed by atoms with van der Waals surface area (Å²) in [7, 11) is 0. The van der Waals surface area contributed by atoms with Gasteiger partial charge >= 0.3 is 0 Å². The fourth-order valence-electron chi connectivity index (χ4n) is 1.67. The van der Waals surface area contributed by atoms with Gasteiger partial charge in [0.1, 0.15) is 5.75 Å². The molecule has 0 saturated heterocycles. The molecular formula is C16H14Cl2N2O2. The lowest BCUT2D eigenvalue weighted by atomic mass is 10.1. The van der Waals surface area contributed by atoms with Gasteiger partial charge in [-0.3, -0.25) is 4.79 Å². The molecule has 2 aromatic carbocycles. The third-order valence-electron chi connectivity index (χ3n) is 2.83. The van der Waals surface area contributed by atoms with Gasteiger partial charge in [0, 0.05) is 5.02 Å². The van der Waals surface area contributed by atoms with Crippen LogP contribution in [0.1, 0.15) is 11.1 Å². The number of rotatable bonds is 5. The normalized spacial score (nSPS) is 10.7. The Hall–Kier alpha value is -2.04. The summed E-state index contributed by atoms with van der Waals surface area (Å²) in [5.41, 5.74) is 4.40. The lowest BCUT2D eigenvalue weighted by Crippen LogP contribution is -2.24. The molecule has 0 heterocycles. The first-order valence-electron chi connectivity index (χ1n) is 6.51. The van der Waals surface area contributed by atoms with Crippen LogP contribution in [0.4, 0.5) is 0 Å². The van der Waals surface area contributed by atoms with E-state index in [0.29, 0.717) is 15.8 Å². The van der Waals surface area contributed by atoms with Crippen molar-refractivity contribution >= 4 is 35.3 Å². The van der Waals surface area contributed by atoms with Gasteiger partial charge in [-0.15, -0.1) is 0 Å². The molecule has 1 N–H and O–H groups in total. The molecule has 1 amide bonds. The van der Waals surface area contributed by atoms with Gasteiger partial charge in [-0.1, -0.05) is 47.5 Å². The number of carbonyl (C=O) groups is 1. The lowest BCUT2D eigenvalue weighted by molar-refractivity contribution is -0.123. The summed E-state index contributed by atoms with van der Waals surface area (Å²) in [5.74, 6) is 0.0138. The molecule has 0 fully saturated rings. The summed E-state index contributed by atoms with van der Waals surface area (Å²) in [6, 6.07) is 12.5. The van der Waals surface area contributed by atoms with Crippen LogP contribution in [0.25, 0.3) is 0 Å². The Morgan fingerprint density at radius 1 is 1.27 bits per heavy atom. The average Bonchev–Trinajstić information content (AvgIpc) is 2.48. The predicted molar refractivity (Wildman–Crippen MR) is 88.9 cm³/mol. The number of amides is 1. The van der Waals surface area contributed by atoms with Gasteiger partial charge in [-0.05, 0) is 36.2 Å². The van der Waals surface area contributed by atoms with Gasteiger partial charge in [0.25, 0.3) is 5.91 Å². The molecule has 0 aromatic heterocycles. The highest BCUT2D eigenvalue weighted by molar-refractivity contribution is 6.35. The number of hydrogen-bond acceptors (Lipinski definition) is 3. The average molecular weight is 337 g/mol. The number of halogens is 2. The Kier molecular flexibility index (Phi) is 5.81. The molecule has 6 heteroatoms. The fourth-order valence-corrected chi connectivity index (χ4v) is 2.14. The minimum absolute atomic E-state index is 0.188. The van der Waals surface area contributed by atoms with Gasteiger partial charge in [0.05, 0.1) is 11.2 Å². The zero-order valence-electron chi connectivity index (χ0n) is 11.8. The molecule has 0 aliphatic rings. The van der Waals surface area contributed by atoms with E-state index in [1.807, 2.05) is 31.2 Å². The van der Waals surface area contributed by atoms with Crippen molar-refractivity contribution in [3.05, 3.63) is 63.6 Å². The van der Waals surface area contributed by atoms with Crippen LogP contribution in [-0.4, -0.2) is 18.7 Å². The Balaban J connectivity index is 1.84. The summed E-state index contributed by atoms with van der Waals surface area (Å²) in [6.45, 7) is 1.78. The molecule has 0 radical (unpaired) electrons. The third-order valence-corrected chi connectivity index (χ3v) is 3.36. The smallest absolute Gasteiger partial charge is 0.277 e. The second-order valence-electron chi connectivity index (χ2n) is 4.51. The highest BCUT2D eigenvalue weighted by atomic mass is 35.5. The molecule has 0 unspecified atom stereocenters. The van der Waals surface area contributed by atoms with Gasteiger partial charge in [0.15, 0.2) is 6.61 Å². The molecule has 114 valence electrons. The van der Waals surface area contributed by atoms with Gasteiger partial charge in [-0.2, -0.15) is 5.10 Å². The van der Waals surface area contributed by atoms with E-state index in [1.54, 1.807) is 24.4 Å². The second kappa shape index (κ2) is 7.82. The van der Waals surface area contributed by atoms with Crippen molar-refractivity contribution in [1.82, 2.24) is 5.43 Å². The molecule has 2 rings (SSSR count). The maximum absolute atomic E-state index is 11.7. The van der Waals surface area contributed by atoms with Crippen LogP contribution in [-0.2, 0) is 4.79 Å². The van der Waals surface area contributed by atoms with E-state index >= 15 is 0 Å². The number of hydrogen-bond donors (Lipinski definition) is 1. The Morgan fingerprint density at radius 2 is 2.05 bits per heavy atom. The van der Waals surface area contributed by atoms with E-state index in [1.165, 1.54) is 0 Å². The van der Waals surface area contributed by atoms with Crippen LogP contribution < -0.4 is 10.2 Å². The number of aryl methyl sites for hydroxylation is 1. The number of carbonyl (C=O) groups excluding carboxylic acids is 1. The first-order chi connectivity index (χ1) is 10.6. The molecule has 2 aromatic rings. The first kappa shape index (κ1) is 16.3. The molecule has 22 heavy (non-hydrogen) atoms. The summed E-state index contributed by atoms with van der Waals surface area (Å²) in [4.78, 5) is 11.7. The van der Waals surface area contributed by atoms with Crippen LogP contribution in [0, 0.1) is 6.92 Å². The SMILES string of the molecule is Cc1ccccc1/C=N/NC(=O)COc1ccc(Cl)cc1Cl. The van der Waals surface area contributed by atoms with Crippen molar-refractivity contribution in [3.8, 4) is 5.75 Å². The second-order valence-corrected chi connectivity index (χ2v) is 5.36. The van der Waals surface area contributed by atoms with Crippen molar-refractivity contribution in [1.29, 1.82) is 0 Å². The minimum Gasteiger partial charge on any atom is -0.482 e. The Labute approximate surface area is 138 Å². The summed E-state index contributed by atoms with van der Waals surface area (Å²) >= 11 is 11.7. The monoisotopic (exact) mass is 336 g/mol. The Bertz CT molecular complexity index is 702. The summed E-state index contributed by atoms with van der Waals surface area (Å²) < 4.78 is 5.30. The Morgan fingerprint density at radius 3 is 2.77 bits per heavy atom. The van der Waals surface area contributed by atoms with E-state index in [0.717, 1.165) is 11.1 Å². The number of benzene rings is 2. The molecule has 0 saturated carbocycles.